The van der Waals surface area contributed by atoms with Gasteiger partial charge in [-0.25, -0.2) is 4.79 Å². The molecule has 2 aromatic rings. The molecule has 1 saturated heterocycles. The SMILES string of the molecule is O=C(c1c[nH]c(=O)[nH]c1=O)N1CCC[C@H](c2ccccc2)CC1. The van der Waals surface area contributed by atoms with Gasteiger partial charge in [0.15, 0.2) is 0 Å². The molecule has 6 nitrogen and oxygen atoms in total. The molecule has 6 heteroatoms. The minimum absolute atomic E-state index is 0.0113. The molecule has 1 aliphatic rings. The zero-order chi connectivity index (χ0) is 16.2. The van der Waals surface area contributed by atoms with Crippen LogP contribution in [0.15, 0.2) is 46.1 Å². The number of carbonyl (C=O) groups is 1. The fourth-order valence-electron chi connectivity index (χ4n) is 3.10. The molecule has 1 amide bonds. The van der Waals surface area contributed by atoms with Gasteiger partial charge in [0.25, 0.3) is 11.5 Å². The van der Waals surface area contributed by atoms with Crippen molar-refractivity contribution in [2.24, 2.45) is 0 Å². The Balaban J connectivity index is 1.74. The molecule has 2 heterocycles. The average molecular weight is 313 g/mol. The predicted molar refractivity (Wildman–Crippen MR) is 86.6 cm³/mol. The van der Waals surface area contributed by atoms with Crippen molar-refractivity contribution in [2.45, 2.75) is 25.2 Å². The Bertz CT molecular complexity index is 794. The van der Waals surface area contributed by atoms with Crippen LogP contribution in [0.4, 0.5) is 0 Å². The number of nitrogens with one attached hydrogen (secondary N) is 2. The molecule has 120 valence electrons. The van der Waals surface area contributed by atoms with E-state index in [1.165, 1.54) is 11.8 Å². The van der Waals surface area contributed by atoms with Crippen molar-refractivity contribution in [3.8, 4) is 0 Å². The van der Waals surface area contributed by atoms with Crippen LogP contribution < -0.4 is 11.2 Å². The number of benzene rings is 1. The van der Waals surface area contributed by atoms with Gasteiger partial charge < -0.3 is 9.88 Å². The van der Waals surface area contributed by atoms with E-state index in [1.807, 2.05) is 18.2 Å². The Morgan fingerprint density at radius 1 is 1.09 bits per heavy atom. The van der Waals surface area contributed by atoms with Crippen molar-refractivity contribution in [1.82, 2.24) is 14.9 Å². The van der Waals surface area contributed by atoms with Crippen molar-refractivity contribution >= 4 is 5.91 Å². The summed E-state index contributed by atoms with van der Waals surface area (Å²) in [5.41, 5.74) is 0.0422. The third-order valence-corrected chi connectivity index (χ3v) is 4.34. The van der Waals surface area contributed by atoms with Gasteiger partial charge in [-0.15, -0.1) is 0 Å². The van der Waals surface area contributed by atoms with Gasteiger partial charge in [-0.3, -0.25) is 14.6 Å². The van der Waals surface area contributed by atoms with E-state index in [-0.39, 0.29) is 11.5 Å². The second-order valence-corrected chi connectivity index (χ2v) is 5.82. The van der Waals surface area contributed by atoms with Gasteiger partial charge in [0.1, 0.15) is 5.56 Å². The summed E-state index contributed by atoms with van der Waals surface area (Å²) < 4.78 is 0. The summed E-state index contributed by atoms with van der Waals surface area (Å²) in [5, 5.41) is 0. The number of hydrogen-bond acceptors (Lipinski definition) is 3. The lowest BCUT2D eigenvalue weighted by Gasteiger charge is -2.20. The summed E-state index contributed by atoms with van der Waals surface area (Å²) in [7, 11) is 0. The second kappa shape index (κ2) is 6.64. The Morgan fingerprint density at radius 3 is 2.61 bits per heavy atom. The Labute approximate surface area is 133 Å². The third kappa shape index (κ3) is 3.41. The zero-order valence-corrected chi connectivity index (χ0v) is 12.7. The van der Waals surface area contributed by atoms with Crippen molar-refractivity contribution in [1.29, 1.82) is 0 Å². The van der Waals surface area contributed by atoms with Crippen LogP contribution >= 0.6 is 0 Å². The first-order valence-corrected chi connectivity index (χ1v) is 7.81. The molecule has 1 atom stereocenters. The Kier molecular flexibility index (Phi) is 4.41. The number of aromatic amines is 2. The first-order valence-electron chi connectivity index (χ1n) is 7.81. The van der Waals surface area contributed by atoms with Gasteiger partial charge in [-0.05, 0) is 30.7 Å². The number of hydrogen-bond donors (Lipinski definition) is 2. The van der Waals surface area contributed by atoms with Crippen LogP contribution in [0.25, 0.3) is 0 Å². The van der Waals surface area contributed by atoms with Gasteiger partial charge in [0.2, 0.25) is 0 Å². The van der Waals surface area contributed by atoms with Crippen molar-refractivity contribution < 1.29 is 4.79 Å². The predicted octanol–water partition coefficient (Wildman–Crippen LogP) is 1.47. The zero-order valence-electron chi connectivity index (χ0n) is 12.7. The quantitative estimate of drug-likeness (QED) is 0.880. The number of amides is 1. The molecule has 0 aliphatic carbocycles. The molecular weight excluding hydrogens is 294 g/mol. The Morgan fingerprint density at radius 2 is 1.87 bits per heavy atom. The van der Waals surface area contributed by atoms with Gasteiger partial charge in [0, 0.05) is 19.3 Å². The van der Waals surface area contributed by atoms with E-state index >= 15 is 0 Å². The minimum atomic E-state index is -0.636. The van der Waals surface area contributed by atoms with E-state index < -0.39 is 11.2 Å². The van der Waals surface area contributed by atoms with Crippen LogP contribution in [-0.2, 0) is 0 Å². The summed E-state index contributed by atoms with van der Waals surface area (Å²) in [6.07, 6.45) is 3.99. The number of nitrogens with zero attached hydrogens (tertiary/aromatic N) is 1. The number of H-pyrrole nitrogens is 2. The van der Waals surface area contributed by atoms with E-state index in [2.05, 4.69) is 22.1 Å². The molecule has 1 aromatic heterocycles. The maximum atomic E-state index is 12.5. The fourth-order valence-corrected chi connectivity index (χ4v) is 3.10. The molecule has 0 bridgehead atoms. The summed E-state index contributed by atoms with van der Waals surface area (Å²) in [6.45, 7) is 1.23. The molecule has 23 heavy (non-hydrogen) atoms. The maximum Gasteiger partial charge on any atom is 0.325 e. The van der Waals surface area contributed by atoms with Crippen molar-refractivity contribution in [2.75, 3.05) is 13.1 Å². The van der Waals surface area contributed by atoms with Crippen LogP contribution in [-0.4, -0.2) is 33.9 Å². The van der Waals surface area contributed by atoms with E-state index in [0.29, 0.717) is 19.0 Å². The molecule has 3 rings (SSSR count). The van der Waals surface area contributed by atoms with E-state index in [9.17, 15) is 14.4 Å². The second-order valence-electron chi connectivity index (χ2n) is 5.82. The van der Waals surface area contributed by atoms with Gasteiger partial charge in [-0.2, -0.15) is 0 Å². The van der Waals surface area contributed by atoms with Gasteiger partial charge >= 0.3 is 5.69 Å². The lowest BCUT2D eigenvalue weighted by atomic mass is 9.92. The smallest absolute Gasteiger partial charge is 0.325 e. The number of likely N-dealkylation sites (tertiary alicyclic amines) is 1. The molecule has 0 radical (unpaired) electrons. The number of rotatable bonds is 2. The van der Waals surface area contributed by atoms with Crippen LogP contribution in [0.2, 0.25) is 0 Å². The van der Waals surface area contributed by atoms with Gasteiger partial charge in [-0.1, -0.05) is 30.3 Å². The standard InChI is InChI=1S/C17H19N3O3/c21-15-14(11-18-17(23)19-15)16(22)20-9-4-7-13(8-10-20)12-5-2-1-3-6-12/h1-3,5-6,11,13H,4,7-10H2,(H2,18,19,21,23)/t13-/m0/s1. The van der Waals surface area contributed by atoms with Crippen LogP contribution in [0.1, 0.15) is 41.1 Å². The highest BCUT2D eigenvalue weighted by atomic mass is 16.2. The summed E-state index contributed by atoms with van der Waals surface area (Å²) in [4.78, 5) is 41.5. The molecular formula is C17H19N3O3. The first kappa shape index (κ1) is 15.3. The van der Waals surface area contributed by atoms with Crippen LogP contribution in [0.3, 0.4) is 0 Å². The fraction of sp³-hybridized carbons (Fsp3) is 0.353. The average Bonchev–Trinajstić information content (AvgIpc) is 2.81. The Hall–Kier alpha value is -2.63. The summed E-state index contributed by atoms with van der Waals surface area (Å²) in [6, 6.07) is 10.3. The molecule has 1 aromatic carbocycles. The van der Waals surface area contributed by atoms with Crippen molar-refractivity contribution in [3.05, 3.63) is 68.5 Å². The number of aromatic nitrogens is 2. The highest BCUT2D eigenvalue weighted by Crippen LogP contribution is 2.28. The monoisotopic (exact) mass is 313 g/mol. The molecule has 0 unspecified atom stereocenters. The molecule has 2 N–H and O–H groups in total. The highest BCUT2D eigenvalue weighted by molar-refractivity contribution is 5.93. The lowest BCUT2D eigenvalue weighted by molar-refractivity contribution is 0.0758. The third-order valence-electron chi connectivity index (χ3n) is 4.34. The van der Waals surface area contributed by atoms with Crippen LogP contribution in [0, 0.1) is 0 Å². The van der Waals surface area contributed by atoms with E-state index in [4.69, 9.17) is 0 Å². The van der Waals surface area contributed by atoms with E-state index in [1.54, 1.807) is 4.90 Å². The summed E-state index contributed by atoms with van der Waals surface area (Å²) >= 11 is 0. The topological polar surface area (TPSA) is 86.0 Å². The molecule has 1 aliphatic heterocycles. The molecule has 1 fully saturated rings. The minimum Gasteiger partial charge on any atom is -0.338 e. The number of carbonyl (C=O) groups excluding carboxylic acids is 1. The van der Waals surface area contributed by atoms with Crippen molar-refractivity contribution in [3.63, 3.8) is 0 Å². The highest BCUT2D eigenvalue weighted by Gasteiger charge is 2.24. The molecule has 0 spiro atoms. The normalized spacial score (nSPS) is 18.4. The molecule has 0 saturated carbocycles. The van der Waals surface area contributed by atoms with E-state index in [0.717, 1.165) is 19.3 Å². The largest absolute Gasteiger partial charge is 0.338 e. The van der Waals surface area contributed by atoms with Gasteiger partial charge in [0.05, 0.1) is 0 Å². The lowest BCUT2D eigenvalue weighted by Crippen LogP contribution is -2.37. The first-order chi connectivity index (χ1) is 11.1. The maximum absolute atomic E-state index is 12.5. The summed E-state index contributed by atoms with van der Waals surface area (Å²) in [5.74, 6) is 0.110. The van der Waals surface area contributed by atoms with Crippen LogP contribution in [0.5, 0.6) is 0 Å².